The summed E-state index contributed by atoms with van der Waals surface area (Å²) < 4.78 is 42.1. The first-order chi connectivity index (χ1) is 7.84. The SMILES string of the molecule is Cc1cc(C(F)(F)F)ccc1OCC(O)CO. The minimum atomic E-state index is -4.38. The number of aryl methyl sites for hydroxylation is 1. The Balaban J connectivity index is 2.77. The van der Waals surface area contributed by atoms with E-state index in [4.69, 9.17) is 14.9 Å². The van der Waals surface area contributed by atoms with Crippen LogP contribution in [0.5, 0.6) is 5.75 Å². The number of aliphatic hydroxyl groups excluding tert-OH is 2. The van der Waals surface area contributed by atoms with Gasteiger partial charge in [0.1, 0.15) is 18.5 Å². The van der Waals surface area contributed by atoms with Gasteiger partial charge in [-0.3, -0.25) is 0 Å². The zero-order valence-electron chi connectivity index (χ0n) is 9.16. The maximum atomic E-state index is 12.4. The molecule has 0 amide bonds. The first-order valence-corrected chi connectivity index (χ1v) is 4.94. The fourth-order valence-electron chi connectivity index (χ4n) is 1.23. The zero-order valence-corrected chi connectivity index (χ0v) is 9.16. The molecule has 0 spiro atoms. The van der Waals surface area contributed by atoms with Crippen LogP contribution in [0.15, 0.2) is 18.2 Å². The van der Waals surface area contributed by atoms with E-state index in [-0.39, 0.29) is 12.4 Å². The van der Waals surface area contributed by atoms with E-state index < -0.39 is 24.5 Å². The first kappa shape index (κ1) is 13.8. The van der Waals surface area contributed by atoms with Gasteiger partial charge < -0.3 is 14.9 Å². The molecule has 0 aliphatic rings. The average molecular weight is 250 g/mol. The number of hydrogen-bond donors (Lipinski definition) is 2. The van der Waals surface area contributed by atoms with Crippen LogP contribution in [0.25, 0.3) is 0 Å². The first-order valence-electron chi connectivity index (χ1n) is 4.94. The van der Waals surface area contributed by atoms with Crippen LogP contribution in [0.3, 0.4) is 0 Å². The highest BCUT2D eigenvalue weighted by Crippen LogP contribution is 2.32. The van der Waals surface area contributed by atoms with E-state index >= 15 is 0 Å². The quantitative estimate of drug-likeness (QED) is 0.855. The smallest absolute Gasteiger partial charge is 0.416 e. The number of halogens is 3. The van der Waals surface area contributed by atoms with Gasteiger partial charge in [-0.2, -0.15) is 13.2 Å². The molecular formula is C11H13F3O3. The lowest BCUT2D eigenvalue weighted by atomic mass is 10.1. The average Bonchev–Trinajstić information content (AvgIpc) is 2.25. The number of aliphatic hydroxyl groups is 2. The van der Waals surface area contributed by atoms with Crippen molar-refractivity contribution in [1.82, 2.24) is 0 Å². The summed E-state index contributed by atoms with van der Waals surface area (Å²) >= 11 is 0. The molecule has 6 heteroatoms. The molecule has 0 bridgehead atoms. The second-order valence-corrected chi connectivity index (χ2v) is 3.63. The molecular weight excluding hydrogens is 237 g/mol. The normalized spacial score (nSPS) is 13.5. The third-order valence-electron chi connectivity index (χ3n) is 2.14. The predicted molar refractivity (Wildman–Crippen MR) is 54.8 cm³/mol. The van der Waals surface area contributed by atoms with Crippen LogP contribution in [-0.4, -0.2) is 29.5 Å². The van der Waals surface area contributed by atoms with Crippen molar-refractivity contribution in [3.63, 3.8) is 0 Å². The van der Waals surface area contributed by atoms with Crippen molar-refractivity contribution in [1.29, 1.82) is 0 Å². The molecule has 17 heavy (non-hydrogen) atoms. The van der Waals surface area contributed by atoms with Gasteiger partial charge in [0.05, 0.1) is 12.2 Å². The Bertz CT molecular complexity index is 377. The Morgan fingerprint density at radius 2 is 2.00 bits per heavy atom. The summed E-state index contributed by atoms with van der Waals surface area (Å²) in [7, 11) is 0. The summed E-state index contributed by atoms with van der Waals surface area (Å²) in [5, 5.41) is 17.6. The second-order valence-electron chi connectivity index (χ2n) is 3.63. The van der Waals surface area contributed by atoms with Gasteiger partial charge in [0, 0.05) is 0 Å². The summed E-state index contributed by atoms with van der Waals surface area (Å²) in [5.74, 6) is 0.255. The molecule has 0 aromatic heterocycles. The monoisotopic (exact) mass is 250 g/mol. The number of rotatable bonds is 4. The molecule has 3 nitrogen and oxygen atoms in total. The van der Waals surface area contributed by atoms with Gasteiger partial charge >= 0.3 is 6.18 Å². The Labute approximate surface area is 96.5 Å². The lowest BCUT2D eigenvalue weighted by molar-refractivity contribution is -0.137. The van der Waals surface area contributed by atoms with E-state index in [2.05, 4.69) is 0 Å². The van der Waals surface area contributed by atoms with E-state index in [9.17, 15) is 13.2 Å². The summed E-state index contributed by atoms with van der Waals surface area (Å²) in [6.45, 7) is 0.859. The topological polar surface area (TPSA) is 49.7 Å². The molecule has 0 heterocycles. The van der Waals surface area contributed by atoms with Crippen LogP contribution in [0, 0.1) is 6.92 Å². The molecule has 0 fully saturated rings. The van der Waals surface area contributed by atoms with Crippen LogP contribution in [0.2, 0.25) is 0 Å². The second kappa shape index (κ2) is 5.37. The molecule has 1 aromatic rings. The summed E-state index contributed by atoms with van der Waals surface area (Å²) in [5.41, 5.74) is -0.421. The Morgan fingerprint density at radius 3 is 2.47 bits per heavy atom. The lowest BCUT2D eigenvalue weighted by Gasteiger charge is -2.14. The number of alkyl halides is 3. The highest BCUT2D eigenvalue weighted by atomic mass is 19.4. The minimum absolute atomic E-state index is 0.164. The molecule has 1 unspecified atom stereocenters. The van der Waals surface area contributed by atoms with Gasteiger partial charge in [0.15, 0.2) is 0 Å². The molecule has 0 saturated heterocycles. The van der Waals surface area contributed by atoms with Crippen LogP contribution < -0.4 is 4.74 Å². The third kappa shape index (κ3) is 3.90. The molecule has 0 aliphatic heterocycles. The fourth-order valence-corrected chi connectivity index (χ4v) is 1.23. The number of ether oxygens (including phenoxy) is 1. The van der Waals surface area contributed by atoms with Crippen LogP contribution in [0.1, 0.15) is 11.1 Å². The molecule has 0 aliphatic carbocycles. The van der Waals surface area contributed by atoms with Crippen molar-refractivity contribution in [3.8, 4) is 5.75 Å². The van der Waals surface area contributed by atoms with Gasteiger partial charge in [0.2, 0.25) is 0 Å². The van der Waals surface area contributed by atoms with E-state index in [1.807, 2.05) is 0 Å². The van der Waals surface area contributed by atoms with Crippen LogP contribution >= 0.6 is 0 Å². The highest BCUT2D eigenvalue weighted by Gasteiger charge is 2.30. The maximum absolute atomic E-state index is 12.4. The molecule has 0 saturated carbocycles. The third-order valence-corrected chi connectivity index (χ3v) is 2.14. The van der Waals surface area contributed by atoms with Crippen molar-refractivity contribution >= 4 is 0 Å². The van der Waals surface area contributed by atoms with Crippen molar-refractivity contribution in [3.05, 3.63) is 29.3 Å². The van der Waals surface area contributed by atoms with Crippen molar-refractivity contribution in [2.45, 2.75) is 19.2 Å². The van der Waals surface area contributed by atoms with Crippen molar-refractivity contribution < 1.29 is 28.1 Å². The molecule has 0 radical (unpaired) electrons. The molecule has 1 atom stereocenters. The van der Waals surface area contributed by atoms with Crippen molar-refractivity contribution in [2.75, 3.05) is 13.2 Å². The van der Waals surface area contributed by atoms with Gasteiger partial charge in [-0.1, -0.05) is 0 Å². The van der Waals surface area contributed by atoms with Gasteiger partial charge in [-0.05, 0) is 30.7 Å². The standard InChI is InChI=1S/C11H13F3O3/c1-7-4-8(11(12,13)14)2-3-10(7)17-6-9(16)5-15/h2-4,9,15-16H,5-6H2,1H3. The number of benzene rings is 1. The van der Waals surface area contributed by atoms with Crippen LogP contribution in [-0.2, 0) is 6.18 Å². The molecule has 1 aromatic carbocycles. The van der Waals surface area contributed by atoms with Crippen LogP contribution in [0.4, 0.5) is 13.2 Å². The van der Waals surface area contributed by atoms with Gasteiger partial charge in [-0.25, -0.2) is 0 Å². The Hall–Kier alpha value is -1.27. The summed E-state index contributed by atoms with van der Waals surface area (Å²) in [4.78, 5) is 0. The van der Waals surface area contributed by atoms with E-state index in [0.29, 0.717) is 5.56 Å². The predicted octanol–water partition coefficient (Wildman–Crippen LogP) is 1.75. The van der Waals surface area contributed by atoms with E-state index in [0.717, 1.165) is 12.1 Å². The molecule has 1 rings (SSSR count). The largest absolute Gasteiger partial charge is 0.491 e. The fraction of sp³-hybridized carbons (Fsp3) is 0.455. The van der Waals surface area contributed by atoms with E-state index in [1.54, 1.807) is 0 Å². The molecule has 2 N–H and O–H groups in total. The van der Waals surface area contributed by atoms with Crippen molar-refractivity contribution in [2.24, 2.45) is 0 Å². The lowest BCUT2D eigenvalue weighted by Crippen LogP contribution is -2.21. The maximum Gasteiger partial charge on any atom is 0.416 e. The highest BCUT2D eigenvalue weighted by molar-refractivity contribution is 5.37. The minimum Gasteiger partial charge on any atom is -0.491 e. The Kier molecular flexibility index (Phi) is 4.36. The van der Waals surface area contributed by atoms with Gasteiger partial charge in [-0.15, -0.1) is 0 Å². The van der Waals surface area contributed by atoms with E-state index in [1.165, 1.54) is 13.0 Å². The van der Waals surface area contributed by atoms with Gasteiger partial charge in [0.25, 0.3) is 0 Å². The Morgan fingerprint density at radius 1 is 1.35 bits per heavy atom. The summed E-state index contributed by atoms with van der Waals surface area (Å²) in [6.07, 6.45) is -5.43. The number of hydrogen-bond acceptors (Lipinski definition) is 3. The molecule has 96 valence electrons. The summed E-state index contributed by atoms with van der Waals surface area (Å²) in [6, 6.07) is 3.08. The zero-order chi connectivity index (χ0) is 13.1.